The van der Waals surface area contributed by atoms with Crippen molar-refractivity contribution in [3.63, 3.8) is 0 Å². The van der Waals surface area contributed by atoms with Crippen molar-refractivity contribution in [2.24, 2.45) is 0 Å². The molecule has 0 bridgehead atoms. The summed E-state index contributed by atoms with van der Waals surface area (Å²) in [6.07, 6.45) is 7.43. The number of pyridine rings is 1. The van der Waals surface area contributed by atoms with Crippen molar-refractivity contribution in [1.29, 1.82) is 0 Å². The summed E-state index contributed by atoms with van der Waals surface area (Å²) in [6.45, 7) is 0. The number of fused-ring (bicyclic) bond motifs is 1. The number of hydrogen-bond donors (Lipinski definition) is 0. The van der Waals surface area contributed by atoms with Crippen molar-refractivity contribution in [3.8, 4) is 0 Å². The molecular formula is C9H7NO. The molecule has 1 aromatic heterocycles. The summed E-state index contributed by atoms with van der Waals surface area (Å²) in [4.78, 5) is 14.9. The van der Waals surface area contributed by atoms with Gasteiger partial charge in [0.1, 0.15) is 0 Å². The van der Waals surface area contributed by atoms with Gasteiger partial charge in [0.05, 0.1) is 0 Å². The van der Waals surface area contributed by atoms with E-state index in [1.165, 1.54) is 0 Å². The molecule has 0 unspecified atom stereocenters. The van der Waals surface area contributed by atoms with E-state index in [9.17, 15) is 4.79 Å². The maximum absolute atomic E-state index is 10.9. The van der Waals surface area contributed by atoms with Gasteiger partial charge in [0.25, 0.3) is 0 Å². The van der Waals surface area contributed by atoms with Crippen LogP contribution in [-0.2, 0) is 11.2 Å². The van der Waals surface area contributed by atoms with Gasteiger partial charge in [-0.2, -0.15) is 0 Å². The van der Waals surface area contributed by atoms with Gasteiger partial charge >= 0.3 is 0 Å². The van der Waals surface area contributed by atoms with Crippen LogP contribution >= 0.6 is 0 Å². The zero-order valence-electron chi connectivity index (χ0n) is 5.95. The number of rotatable bonds is 0. The Hall–Kier alpha value is -1.44. The minimum atomic E-state index is 0.158. The first-order chi connectivity index (χ1) is 5.36. The summed E-state index contributed by atoms with van der Waals surface area (Å²) in [5.74, 6) is 0.158. The molecule has 1 heterocycles. The second-order valence-corrected chi connectivity index (χ2v) is 2.55. The van der Waals surface area contributed by atoms with E-state index >= 15 is 0 Å². The van der Waals surface area contributed by atoms with Crippen molar-refractivity contribution < 1.29 is 4.79 Å². The Morgan fingerprint density at radius 2 is 2.27 bits per heavy atom. The van der Waals surface area contributed by atoms with Crippen LogP contribution in [0.3, 0.4) is 0 Å². The van der Waals surface area contributed by atoms with Crippen LogP contribution in [0.15, 0.2) is 24.5 Å². The number of ketones is 1. The van der Waals surface area contributed by atoms with Crippen LogP contribution < -0.4 is 0 Å². The van der Waals surface area contributed by atoms with Crippen LogP contribution in [-0.4, -0.2) is 10.8 Å². The van der Waals surface area contributed by atoms with Gasteiger partial charge in [0, 0.05) is 18.8 Å². The Morgan fingerprint density at radius 3 is 3.18 bits per heavy atom. The molecule has 0 fully saturated rings. The van der Waals surface area contributed by atoms with Crippen molar-refractivity contribution >= 4 is 11.9 Å². The van der Waals surface area contributed by atoms with Crippen LogP contribution in [0, 0.1) is 0 Å². The molecule has 0 saturated heterocycles. The van der Waals surface area contributed by atoms with E-state index in [4.69, 9.17) is 0 Å². The van der Waals surface area contributed by atoms with E-state index in [-0.39, 0.29) is 5.78 Å². The van der Waals surface area contributed by atoms with E-state index in [1.807, 2.05) is 12.1 Å². The summed E-state index contributed by atoms with van der Waals surface area (Å²) in [7, 11) is 0. The quantitative estimate of drug-likeness (QED) is 0.549. The minimum absolute atomic E-state index is 0.158. The number of aromatic nitrogens is 1. The fourth-order valence-electron chi connectivity index (χ4n) is 1.18. The van der Waals surface area contributed by atoms with Gasteiger partial charge in [-0.3, -0.25) is 9.78 Å². The number of carbonyl (C=O) groups excluding carboxylic acids is 1. The predicted molar refractivity (Wildman–Crippen MR) is 42.0 cm³/mol. The molecule has 0 radical (unpaired) electrons. The number of carbonyl (C=O) groups is 1. The third kappa shape index (κ3) is 1.07. The van der Waals surface area contributed by atoms with E-state index < -0.39 is 0 Å². The van der Waals surface area contributed by atoms with Gasteiger partial charge in [0.2, 0.25) is 0 Å². The molecule has 2 nitrogen and oxygen atoms in total. The van der Waals surface area contributed by atoms with Crippen LogP contribution in [0.25, 0.3) is 6.08 Å². The van der Waals surface area contributed by atoms with Crippen molar-refractivity contribution in [3.05, 3.63) is 35.7 Å². The lowest BCUT2D eigenvalue weighted by Crippen LogP contribution is -2.04. The summed E-state index contributed by atoms with van der Waals surface area (Å²) in [5, 5.41) is 0. The molecule has 0 saturated carbocycles. The topological polar surface area (TPSA) is 30.0 Å². The predicted octanol–water partition coefficient (Wildman–Crippen LogP) is 1.22. The van der Waals surface area contributed by atoms with E-state index in [1.54, 1.807) is 18.5 Å². The molecule has 0 amide bonds. The first-order valence-corrected chi connectivity index (χ1v) is 3.50. The Morgan fingerprint density at radius 1 is 1.36 bits per heavy atom. The zero-order valence-corrected chi connectivity index (χ0v) is 5.95. The van der Waals surface area contributed by atoms with Crippen LogP contribution in [0.4, 0.5) is 0 Å². The molecule has 54 valence electrons. The molecule has 0 aromatic carbocycles. The molecule has 0 atom stereocenters. The van der Waals surface area contributed by atoms with Crippen molar-refractivity contribution in [2.45, 2.75) is 6.42 Å². The molecule has 2 heteroatoms. The SMILES string of the molecule is O=C1C=Cc2ccncc2C1. The maximum Gasteiger partial charge on any atom is 0.160 e. The Labute approximate surface area is 64.6 Å². The van der Waals surface area contributed by atoms with E-state index in [0.717, 1.165) is 11.1 Å². The maximum atomic E-state index is 10.9. The van der Waals surface area contributed by atoms with E-state index in [0.29, 0.717) is 6.42 Å². The van der Waals surface area contributed by atoms with Crippen LogP contribution in [0.5, 0.6) is 0 Å². The molecule has 1 aliphatic carbocycles. The Bertz CT molecular complexity index is 328. The fourth-order valence-corrected chi connectivity index (χ4v) is 1.18. The number of allylic oxidation sites excluding steroid dienone is 1. The molecule has 1 aromatic rings. The van der Waals surface area contributed by atoms with Gasteiger partial charge < -0.3 is 0 Å². The highest BCUT2D eigenvalue weighted by Crippen LogP contribution is 2.14. The standard InChI is InChI=1S/C9H7NO/c11-9-2-1-7-3-4-10-6-8(7)5-9/h1-4,6H,5H2. The summed E-state index contributed by atoms with van der Waals surface area (Å²) >= 11 is 0. The van der Waals surface area contributed by atoms with Crippen LogP contribution in [0.2, 0.25) is 0 Å². The molecule has 2 rings (SSSR count). The second-order valence-electron chi connectivity index (χ2n) is 2.55. The minimum Gasteiger partial charge on any atom is -0.294 e. The highest BCUT2D eigenvalue weighted by atomic mass is 16.1. The molecule has 0 aliphatic heterocycles. The van der Waals surface area contributed by atoms with Crippen LogP contribution in [0.1, 0.15) is 11.1 Å². The smallest absolute Gasteiger partial charge is 0.160 e. The largest absolute Gasteiger partial charge is 0.294 e. The number of hydrogen-bond acceptors (Lipinski definition) is 2. The Kier molecular flexibility index (Phi) is 1.32. The normalized spacial score (nSPS) is 14.7. The lowest BCUT2D eigenvalue weighted by molar-refractivity contribution is -0.114. The molecular weight excluding hydrogens is 138 g/mol. The zero-order chi connectivity index (χ0) is 7.68. The third-order valence-corrected chi connectivity index (χ3v) is 1.75. The van der Waals surface area contributed by atoms with Gasteiger partial charge in [-0.05, 0) is 23.3 Å². The number of nitrogens with zero attached hydrogens (tertiary/aromatic N) is 1. The van der Waals surface area contributed by atoms with Gasteiger partial charge in [-0.25, -0.2) is 0 Å². The lowest BCUT2D eigenvalue weighted by Gasteiger charge is -2.06. The first kappa shape index (κ1) is 6.28. The highest BCUT2D eigenvalue weighted by Gasteiger charge is 2.08. The molecule has 0 N–H and O–H groups in total. The summed E-state index contributed by atoms with van der Waals surface area (Å²) in [5.41, 5.74) is 2.14. The lowest BCUT2D eigenvalue weighted by atomic mass is 9.99. The van der Waals surface area contributed by atoms with Gasteiger partial charge in [0.15, 0.2) is 5.78 Å². The first-order valence-electron chi connectivity index (χ1n) is 3.50. The monoisotopic (exact) mass is 145 g/mol. The van der Waals surface area contributed by atoms with Crippen molar-refractivity contribution in [2.75, 3.05) is 0 Å². The van der Waals surface area contributed by atoms with Gasteiger partial charge in [-0.15, -0.1) is 0 Å². The molecule has 1 aliphatic rings. The highest BCUT2D eigenvalue weighted by molar-refractivity contribution is 5.98. The summed E-state index contributed by atoms with van der Waals surface area (Å²) < 4.78 is 0. The Balaban J connectivity index is 2.54. The molecule has 11 heavy (non-hydrogen) atoms. The average Bonchev–Trinajstić information content (AvgIpc) is 2.04. The van der Waals surface area contributed by atoms with Gasteiger partial charge in [-0.1, -0.05) is 6.08 Å². The summed E-state index contributed by atoms with van der Waals surface area (Å²) in [6, 6.07) is 1.91. The third-order valence-electron chi connectivity index (χ3n) is 1.75. The van der Waals surface area contributed by atoms with E-state index in [2.05, 4.69) is 4.98 Å². The molecule has 0 spiro atoms. The average molecular weight is 145 g/mol. The fraction of sp³-hybridized carbons (Fsp3) is 0.111. The van der Waals surface area contributed by atoms with Crippen molar-refractivity contribution in [1.82, 2.24) is 4.98 Å². The second kappa shape index (κ2) is 2.31.